The summed E-state index contributed by atoms with van der Waals surface area (Å²) in [4.78, 5) is 12.7. The first-order valence-electron chi connectivity index (χ1n) is 6.80. The highest BCUT2D eigenvalue weighted by Gasteiger charge is 2.14. The highest BCUT2D eigenvalue weighted by Crippen LogP contribution is 2.19. The van der Waals surface area contributed by atoms with E-state index in [0.717, 1.165) is 30.9 Å². The minimum Gasteiger partial charge on any atom is -0.481 e. The molecule has 0 fully saturated rings. The molecule has 2 rings (SSSR count). The van der Waals surface area contributed by atoms with Crippen molar-refractivity contribution in [3.63, 3.8) is 0 Å². The van der Waals surface area contributed by atoms with E-state index in [1.54, 1.807) is 13.4 Å². The molecule has 0 spiro atoms. The number of imidazole rings is 1. The predicted octanol–water partition coefficient (Wildman–Crippen LogP) is 1.50. The van der Waals surface area contributed by atoms with Gasteiger partial charge < -0.3 is 14.6 Å². The van der Waals surface area contributed by atoms with Crippen molar-refractivity contribution in [2.24, 2.45) is 7.05 Å². The molecule has 1 N–H and O–H groups in total. The number of nitrogens with zero attached hydrogens (tertiary/aromatic N) is 4. The van der Waals surface area contributed by atoms with Crippen molar-refractivity contribution in [3.8, 4) is 5.88 Å². The van der Waals surface area contributed by atoms with E-state index in [0.29, 0.717) is 5.88 Å². The van der Waals surface area contributed by atoms with Crippen LogP contribution >= 0.6 is 0 Å². The molecule has 1 atom stereocenters. The fourth-order valence-corrected chi connectivity index (χ4v) is 2.17. The largest absolute Gasteiger partial charge is 0.481 e. The van der Waals surface area contributed by atoms with Gasteiger partial charge in [0, 0.05) is 31.9 Å². The van der Waals surface area contributed by atoms with Crippen molar-refractivity contribution in [2.45, 2.75) is 25.8 Å². The first-order valence-corrected chi connectivity index (χ1v) is 6.80. The van der Waals surface area contributed by atoms with Crippen LogP contribution in [-0.2, 0) is 13.5 Å². The first-order chi connectivity index (χ1) is 9.74. The van der Waals surface area contributed by atoms with Crippen LogP contribution in [0.15, 0.2) is 24.8 Å². The lowest BCUT2D eigenvalue weighted by Crippen LogP contribution is -2.23. The molecular formula is C14H21N5O. The van der Waals surface area contributed by atoms with Crippen molar-refractivity contribution in [1.29, 1.82) is 0 Å². The van der Waals surface area contributed by atoms with E-state index in [2.05, 4.69) is 27.2 Å². The Balaban J connectivity index is 2.08. The zero-order valence-electron chi connectivity index (χ0n) is 12.2. The fourth-order valence-electron chi connectivity index (χ4n) is 2.17. The third kappa shape index (κ3) is 3.54. The van der Waals surface area contributed by atoms with Gasteiger partial charge in [-0.05, 0) is 13.0 Å². The van der Waals surface area contributed by atoms with E-state index >= 15 is 0 Å². The topological polar surface area (TPSA) is 64.9 Å². The van der Waals surface area contributed by atoms with Gasteiger partial charge in [0.1, 0.15) is 12.2 Å². The third-order valence-electron chi connectivity index (χ3n) is 3.26. The van der Waals surface area contributed by atoms with E-state index in [9.17, 15) is 0 Å². The van der Waals surface area contributed by atoms with Crippen LogP contribution in [0, 0.1) is 0 Å². The molecule has 0 radical (unpaired) electrons. The summed E-state index contributed by atoms with van der Waals surface area (Å²) in [6.45, 7) is 2.98. The maximum atomic E-state index is 5.16. The zero-order chi connectivity index (χ0) is 14.4. The lowest BCUT2D eigenvalue weighted by Gasteiger charge is -2.17. The van der Waals surface area contributed by atoms with Gasteiger partial charge in [-0.25, -0.2) is 15.0 Å². The van der Waals surface area contributed by atoms with Crippen LogP contribution in [0.5, 0.6) is 5.88 Å². The Kier molecular flexibility index (Phi) is 5.06. The van der Waals surface area contributed by atoms with E-state index in [-0.39, 0.29) is 6.04 Å². The molecule has 2 heterocycles. The average Bonchev–Trinajstić information content (AvgIpc) is 2.89. The second-order valence-electron chi connectivity index (χ2n) is 4.59. The number of hydrogen-bond acceptors (Lipinski definition) is 5. The fraction of sp³-hybridized carbons (Fsp3) is 0.500. The first kappa shape index (κ1) is 14.5. The monoisotopic (exact) mass is 275 g/mol. The van der Waals surface area contributed by atoms with Crippen molar-refractivity contribution in [3.05, 3.63) is 36.3 Å². The SMILES string of the molecule is CCNC(CCc1nccn1C)c1cc(OC)ncn1. The van der Waals surface area contributed by atoms with Gasteiger partial charge in [-0.3, -0.25) is 0 Å². The molecule has 0 aliphatic rings. The highest BCUT2D eigenvalue weighted by atomic mass is 16.5. The number of aromatic nitrogens is 4. The van der Waals surface area contributed by atoms with Crippen LogP contribution in [0.4, 0.5) is 0 Å². The maximum Gasteiger partial charge on any atom is 0.216 e. The van der Waals surface area contributed by atoms with E-state index in [1.807, 2.05) is 30.1 Å². The number of aryl methyl sites for hydroxylation is 2. The number of nitrogens with one attached hydrogen (secondary N) is 1. The van der Waals surface area contributed by atoms with Crippen molar-refractivity contribution >= 4 is 0 Å². The number of ether oxygens (including phenoxy) is 1. The molecule has 6 heteroatoms. The summed E-state index contributed by atoms with van der Waals surface area (Å²) in [7, 11) is 3.63. The summed E-state index contributed by atoms with van der Waals surface area (Å²) < 4.78 is 7.20. The molecular weight excluding hydrogens is 254 g/mol. The van der Waals surface area contributed by atoms with E-state index in [1.165, 1.54) is 0 Å². The lowest BCUT2D eigenvalue weighted by atomic mass is 10.1. The van der Waals surface area contributed by atoms with Crippen molar-refractivity contribution in [2.75, 3.05) is 13.7 Å². The van der Waals surface area contributed by atoms with Gasteiger partial charge in [-0.1, -0.05) is 6.92 Å². The molecule has 2 aromatic rings. The molecule has 0 bridgehead atoms. The minimum absolute atomic E-state index is 0.175. The Bertz CT molecular complexity index is 540. The normalized spacial score (nSPS) is 12.3. The Morgan fingerprint density at radius 2 is 2.20 bits per heavy atom. The molecule has 0 amide bonds. The van der Waals surface area contributed by atoms with Crippen LogP contribution in [0.2, 0.25) is 0 Å². The Labute approximate surface area is 119 Å². The second kappa shape index (κ2) is 7.00. The molecule has 0 saturated heterocycles. The Hall–Kier alpha value is -1.95. The van der Waals surface area contributed by atoms with Crippen LogP contribution in [0.1, 0.15) is 30.9 Å². The van der Waals surface area contributed by atoms with Gasteiger partial charge in [-0.15, -0.1) is 0 Å². The maximum absolute atomic E-state index is 5.16. The van der Waals surface area contributed by atoms with Crippen LogP contribution < -0.4 is 10.1 Å². The summed E-state index contributed by atoms with van der Waals surface area (Å²) in [5, 5.41) is 3.45. The number of methoxy groups -OCH3 is 1. The average molecular weight is 275 g/mol. The van der Waals surface area contributed by atoms with Crippen LogP contribution in [-0.4, -0.2) is 33.2 Å². The number of hydrogen-bond donors (Lipinski definition) is 1. The van der Waals surface area contributed by atoms with Crippen LogP contribution in [0.25, 0.3) is 0 Å². The lowest BCUT2D eigenvalue weighted by molar-refractivity contribution is 0.393. The van der Waals surface area contributed by atoms with Gasteiger partial charge in [0.25, 0.3) is 0 Å². The van der Waals surface area contributed by atoms with E-state index < -0.39 is 0 Å². The zero-order valence-corrected chi connectivity index (χ0v) is 12.2. The summed E-state index contributed by atoms with van der Waals surface area (Å²) in [5.74, 6) is 1.67. The Morgan fingerprint density at radius 3 is 2.85 bits per heavy atom. The number of rotatable bonds is 7. The van der Waals surface area contributed by atoms with Gasteiger partial charge in [0.2, 0.25) is 5.88 Å². The summed E-state index contributed by atoms with van der Waals surface area (Å²) in [5.41, 5.74) is 0.952. The van der Waals surface area contributed by atoms with Gasteiger partial charge >= 0.3 is 0 Å². The molecule has 20 heavy (non-hydrogen) atoms. The molecule has 0 aromatic carbocycles. The second-order valence-corrected chi connectivity index (χ2v) is 4.59. The quantitative estimate of drug-likeness (QED) is 0.829. The molecule has 108 valence electrons. The smallest absolute Gasteiger partial charge is 0.216 e. The van der Waals surface area contributed by atoms with Gasteiger partial charge in [-0.2, -0.15) is 0 Å². The molecule has 1 unspecified atom stereocenters. The molecule has 0 aliphatic heterocycles. The predicted molar refractivity (Wildman–Crippen MR) is 76.5 cm³/mol. The standard InChI is InChI=1S/C14H21N5O/c1-4-15-11(5-6-13-16-7-8-19(13)2)12-9-14(20-3)18-10-17-12/h7-11,15H,4-6H2,1-3H3. The molecule has 0 aliphatic carbocycles. The highest BCUT2D eigenvalue weighted by molar-refractivity contribution is 5.16. The summed E-state index contributed by atoms with van der Waals surface area (Å²) in [6.07, 6.45) is 7.15. The van der Waals surface area contributed by atoms with Crippen molar-refractivity contribution < 1.29 is 4.74 Å². The molecule has 0 saturated carbocycles. The van der Waals surface area contributed by atoms with Gasteiger partial charge in [0.15, 0.2) is 0 Å². The summed E-state index contributed by atoms with van der Waals surface area (Å²) in [6, 6.07) is 2.06. The van der Waals surface area contributed by atoms with Gasteiger partial charge in [0.05, 0.1) is 18.8 Å². The third-order valence-corrected chi connectivity index (χ3v) is 3.26. The summed E-state index contributed by atoms with van der Waals surface area (Å²) >= 11 is 0. The van der Waals surface area contributed by atoms with Crippen LogP contribution in [0.3, 0.4) is 0 Å². The molecule has 2 aromatic heterocycles. The Morgan fingerprint density at radius 1 is 1.35 bits per heavy atom. The van der Waals surface area contributed by atoms with Crippen molar-refractivity contribution in [1.82, 2.24) is 24.8 Å². The minimum atomic E-state index is 0.175. The van der Waals surface area contributed by atoms with E-state index in [4.69, 9.17) is 4.74 Å². The molecule has 6 nitrogen and oxygen atoms in total.